The van der Waals surface area contributed by atoms with Gasteiger partial charge in [-0.2, -0.15) is 0 Å². The van der Waals surface area contributed by atoms with Crippen molar-refractivity contribution >= 4 is 7.12 Å². The predicted molar refractivity (Wildman–Crippen MR) is 72.0 cm³/mol. The number of hydrogen-bond acceptors (Lipinski definition) is 2. The molecule has 1 aliphatic heterocycles. The summed E-state index contributed by atoms with van der Waals surface area (Å²) in [6, 6.07) is 0. The molecule has 1 saturated heterocycles. The average Bonchev–Trinajstić information content (AvgIpc) is 2.49. The summed E-state index contributed by atoms with van der Waals surface area (Å²) in [7, 11) is -0.140. The molecule has 0 saturated carbocycles. The highest BCUT2D eigenvalue weighted by Gasteiger charge is 2.57. The molecule has 3 heteroatoms. The Balaban J connectivity index is 2.25. The average molecular weight is 234 g/mol. The van der Waals surface area contributed by atoms with E-state index in [4.69, 9.17) is 9.31 Å². The van der Waals surface area contributed by atoms with Crippen molar-refractivity contribution in [1.82, 2.24) is 0 Å². The zero-order valence-corrected chi connectivity index (χ0v) is 11.6. The fraction of sp³-hybridized carbons (Fsp3) is 0.714. The second-order valence-electron chi connectivity index (χ2n) is 6.17. The van der Waals surface area contributed by atoms with Crippen LogP contribution in [0.15, 0.2) is 24.3 Å². The Morgan fingerprint density at radius 3 is 2.06 bits per heavy atom. The Labute approximate surface area is 105 Å². The van der Waals surface area contributed by atoms with Crippen LogP contribution in [0.4, 0.5) is 0 Å². The fourth-order valence-corrected chi connectivity index (χ4v) is 2.36. The van der Waals surface area contributed by atoms with Gasteiger partial charge in [0.1, 0.15) is 0 Å². The van der Waals surface area contributed by atoms with Crippen LogP contribution in [0.1, 0.15) is 47.5 Å². The van der Waals surface area contributed by atoms with Crippen molar-refractivity contribution in [2.24, 2.45) is 0 Å². The third kappa shape index (κ3) is 2.00. The van der Waals surface area contributed by atoms with Crippen LogP contribution in [0, 0.1) is 0 Å². The molecule has 1 heterocycles. The first-order chi connectivity index (χ1) is 7.83. The molecular weight excluding hydrogens is 211 g/mol. The van der Waals surface area contributed by atoms with Crippen molar-refractivity contribution in [2.75, 3.05) is 0 Å². The predicted octanol–water partition coefficient (Wildman–Crippen LogP) is 3.75. The van der Waals surface area contributed by atoms with E-state index in [1.54, 1.807) is 0 Å². The minimum Gasteiger partial charge on any atom is -0.403 e. The lowest BCUT2D eigenvalue weighted by Crippen LogP contribution is -2.41. The maximum Gasteiger partial charge on any atom is 0.468 e. The monoisotopic (exact) mass is 234 g/mol. The topological polar surface area (TPSA) is 18.5 Å². The van der Waals surface area contributed by atoms with E-state index in [1.165, 1.54) is 0 Å². The van der Waals surface area contributed by atoms with Gasteiger partial charge in [-0.15, -0.1) is 0 Å². The van der Waals surface area contributed by atoms with E-state index < -0.39 is 0 Å². The standard InChI is InChI=1S/C14H23BO2/c1-6-14(10-8-7-9-11-14)15-16-12(2,3)13(4,5)17-15/h7-10H,6,11H2,1-5H3. The van der Waals surface area contributed by atoms with Crippen molar-refractivity contribution in [3.63, 3.8) is 0 Å². The summed E-state index contributed by atoms with van der Waals surface area (Å²) in [6.07, 6.45) is 10.7. The molecule has 0 aromatic rings. The highest BCUT2D eigenvalue weighted by molar-refractivity contribution is 6.50. The molecule has 2 rings (SSSR count). The van der Waals surface area contributed by atoms with Crippen LogP contribution in [0.2, 0.25) is 5.31 Å². The van der Waals surface area contributed by atoms with Crippen LogP contribution in [-0.4, -0.2) is 18.3 Å². The number of allylic oxidation sites excluding steroid dienone is 4. The molecule has 0 radical (unpaired) electrons. The molecule has 0 amide bonds. The summed E-state index contributed by atoms with van der Waals surface area (Å²) in [4.78, 5) is 0. The Morgan fingerprint density at radius 1 is 1.06 bits per heavy atom. The van der Waals surface area contributed by atoms with E-state index in [0.29, 0.717) is 0 Å². The van der Waals surface area contributed by atoms with E-state index in [1.807, 2.05) is 0 Å². The maximum atomic E-state index is 6.19. The van der Waals surface area contributed by atoms with E-state index in [9.17, 15) is 0 Å². The molecule has 1 fully saturated rings. The Morgan fingerprint density at radius 2 is 1.65 bits per heavy atom. The first kappa shape index (κ1) is 12.9. The van der Waals surface area contributed by atoms with Gasteiger partial charge in [-0.25, -0.2) is 0 Å². The molecule has 1 aliphatic carbocycles. The lowest BCUT2D eigenvalue weighted by Gasteiger charge is -2.32. The summed E-state index contributed by atoms with van der Waals surface area (Å²) >= 11 is 0. The van der Waals surface area contributed by atoms with E-state index in [-0.39, 0.29) is 23.6 Å². The van der Waals surface area contributed by atoms with Gasteiger partial charge in [-0.1, -0.05) is 31.2 Å². The highest BCUT2D eigenvalue weighted by atomic mass is 16.7. The molecule has 1 unspecified atom stereocenters. The SMILES string of the molecule is CCC1(B2OC(C)(C)C(C)(C)O2)C=CC=CC1. The molecule has 1 atom stereocenters. The summed E-state index contributed by atoms with van der Waals surface area (Å²) < 4.78 is 12.4. The van der Waals surface area contributed by atoms with Crippen LogP contribution >= 0.6 is 0 Å². The van der Waals surface area contributed by atoms with Crippen molar-refractivity contribution in [3.05, 3.63) is 24.3 Å². The van der Waals surface area contributed by atoms with Crippen LogP contribution in [0.25, 0.3) is 0 Å². The number of hydrogen-bond donors (Lipinski definition) is 0. The smallest absolute Gasteiger partial charge is 0.403 e. The minimum atomic E-state index is -0.241. The lowest BCUT2D eigenvalue weighted by atomic mass is 9.53. The second kappa shape index (κ2) is 3.99. The summed E-state index contributed by atoms with van der Waals surface area (Å²) in [6.45, 7) is 10.6. The van der Waals surface area contributed by atoms with Crippen LogP contribution in [0.3, 0.4) is 0 Å². The van der Waals surface area contributed by atoms with Crippen LogP contribution < -0.4 is 0 Å². The third-order valence-corrected chi connectivity index (χ3v) is 4.55. The van der Waals surface area contributed by atoms with Gasteiger partial charge >= 0.3 is 7.12 Å². The normalized spacial score (nSPS) is 34.3. The van der Waals surface area contributed by atoms with Gasteiger partial charge in [0.25, 0.3) is 0 Å². The van der Waals surface area contributed by atoms with Gasteiger partial charge in [-0.3, -0.25) is 0 Å². The zero-order chi connectivity index (χ0) is 12.7. The van der Waals surface area contributed by atoms with E-state index in [0.717, 1.165) is 12.8 Å². The van der Waals surface area contributed by atoms with E-state index in [2.05, 4.69) is 58.9 Å². The molecule has 0 N–H and O–H groups in total. The Bertz CT molecular complexity index is 341. The second-order valence-corrected chi connectivity index (χ2v) is 6.17. The molecule has 0 aromatic heterocycles. The molecule has 0 bridgehead atoms. The Kier molecular flexibility index (Phi) is 3.03. The Hall–Kier alpha value is -0.535. The van der Waals surface area contributed by atoms with E-state index >= 15 is 0 Å². The van der Waals surface area contributed by atoms with Crippen molar-refractivity contribution < 1.29 is 9.31 Å². The lowest BCUT2D eigenvalue weighted by molar-refractivity contribution is 0.00578. The first-order valence-corrected chi connectivity index (χ1v) is 6.53. The quantitative estimate of drug-likeness (QED) is 0.677. The van der Waals surface area contributed by atoms with Crippen molar-refractivity contribution in [3.8, 4) is 0 Å². The molecule has 0 spiro atoms. The molecule has 94 valence electrons. The third-order valence-electron chi connectivity index (χ3n) is 4.55. The molecule has 2 aliphatic rings. The van der Waals surface area contributed by atoms with Gasteiger partial charge in [0, 0.05) is 5.31 Å². The van der Waals surface area contributed by atoms with Crippen molar-refractivity contribution in [2.45, 2.75) is 64.0 Å². The van der Waals surface area contributed by atoms with Crippen LogP contribution in [-0.2, 0) is 9.31 Å². The van der Waals surface area contributed by atoms with Gasteiger partial charge in [0.05, 0.1) is 11.2 Å². The van der Waals surface area contributed by atoms with Gasteiger partial charge in [0.15, 0.2) is 0 Å². The summed E-state index contributed by atoms with van der Waals surface area (Å²) in [5, 5.41) is -0.000208. The van der Waals surface area contributed by atoms with Gasteiger partial charge in [0.2, 0.25) is 0 Å². The van der Waals surface area contributed by atoms with Gasteiger partial charge < -0.3 is 9.31 Å². The van der Waals surface area contributed by atoms with Gasteiger partial charge in [-0.05, 0) is 40.5 Å². The largest absolute Gasteiger partial charge is 0.468 e. The zero-order valence-electron chi connectivity index (χ0n) is 11.6. The summed E-state index contributed by atoms with van der Waals surface area (Å²) in [5.74, 6) is 0. The fourth-order valence-electron chi connectivity index (χ4n) is 2.36. The maximum absolute atomic E-state index is 6.19. The molecular formula is C14H23BO2. The minimum absolute atomic E-state index is 0.000208. The van der Waals surface area contributed by atoms with Crippen molar-refractivity contribution in [1.29, 1.82) is 0 Å². The molecule has 17 heavy (non-hydrogen) atoms. The first-order valence-electron chi connectivity index (χ1n) is 6.53. The van der Waals surface area contributed by atoms with Crippen LogP contribution in [0.5, 0.6) is 0 Å². The summed E-state index contributed by atoms with van der Waals surface area (Å²) in [5.41, 5.74) is -0.482. The number of rotatable bonds is 2. The molecule has 2 nitrogen and oxygen atoms in total. The molecule has 0 aromatic carbocycles. The highest BCUT2D eigenvalue weighted by Crippen LogP contribution is 2.50.